The van der Waals surface area contributed by atoms with Crippen molar-refractivity contribution in [3.05, 3.63) is 36.2 Å². The third-order valence-corrected chi connectivity index (χ3v) is 2.70. The molecule has 0 bridgehead atoms. The summed E-state index contributed by atoms with van der Waals surface area (Å²) in [6, 6.07) is 7.32. The Bertz CT molecular complexity index is 524. The number of aromatic nitrogens is 2. The zero-order valence-electron chi connectivity index (χ0n) is 11.2. The first-order valence-corrected chi connectivity index (χ1v) is 6.28. The van der Waals surface area contributed by atoms with Gasteiger partial charge in [0.2, 0.25) is 0 Å². The van der Waals surface area contributed by atoms with Crippen molar-refractivity contribution in [3.63, 3.8) is 0 Å². The molecule has 0 saturated carbocycles. The average molecular weight is 278 g/mol. The summed E-state index contributed by atoms with van der Waals surface area (Å²) in [6.45, 7) is 0.220. The molecule has 20 heavy (non-hydrogen) atoms. The van der Waals surface area contributed by atoms with Crippen LogP contribution < -0.4 is 4.74 Å². The second kappa shape index (κ2) is 7.04. The van der Waals surface area contributed by atoms with Crippen molar-refractivity contribution < 1.29 is 19.7 Å². The normalized spacial score (nSPS) is 12.3. The maximum Gasteiger partial charge on any atom is 0.137 e. The van der Waals surface area contributed by atoms with Crippen molar-refractivity contribution in [2.45, 2.75) is 12.7 Å². The van der Waals surface area contributed by atoms with Crippen LogP contribution in [0.5, 0.6) is 5.75 Å². The Morgan fingerprint density at radius 2 is 2.05 bits per heavy atom. The Kier molecular flexibility index (Phi) is 5.11. The lowest BCUT2D eigenvalue weighted by molar-refractivity contribution is 0.0536. The van der Waals surface area contributed by atoms with Gasteiger partial charge in [-0.25, -0.2) is 4.98 Å². The molecule has 0 spiro atoms. The highest BCUT2D eigenvalue weighted by molar-refractivity contribution is 5.56. The van der Waals surface area contributed by atoms with E-state index < -0.39 is 6.10 Å². The number of hydrogen-bond donors (Lipinski definition) is 3. The van der Waals surface area contributed by atoms with Crippen LogP contribution in [-0.2, 0) is 11.3 Å². The van der Waals surface area contributed by atoms with Crippen molar-refractivity contribution in [1.29, 1.82) is 0 Å². The number of aromatic amines is 1. The summed E-state index contributed by atoms with van der Waals surface area (Å²) >= 11 is 0. The van der Waals surface area contributed by atoms with Gasteiger partial charge in [0, 0.05) is 18.9 Å². The van der Waals surface area contributed by atoms with Gasteiger partial charge in [-0.3, -0.25) is 0 Å². The molecule has 0 amide bonds. The van der Waals surface area contributed by atoms with Crippen LogP contribution in [0.15, 0.2) is 30.5 Å². The van der Waals surface area contributed by atoms with Crippen LogP contribution in [0.25, 0.3) is 11.4 Å². The van der Waals surface area contributed by atoms with E-state index in [2.05, 4.69) is 9.97 Å². The summed E-state index contributed by atoms with van der Waals surface area (Å²) in [5.74, 6) is 1.39. The summed E-state index contributed by atoms with van der Waals surface area (Å²) in [4.78, 5) is 7.47. The number of methoxy groups -OCH3 is 1. The SMILES string of the molecule is COCc1c[nH]c(-c2ccc(OCC(O)CO)cc2)n1. The van der Waals surface area contributed by atoms with E-state index in [1.54, 1.807) is 25.4 Å². The second-order valence-corrected chi connectivity index (χ2v) is 4.35. The van der Waals surface area contributed by atoms with Gasteiger partial charge in [0.15, 0.2) is 0 Å². The molecule has 1 aromatic carbocycles. The molecule has 6 nitrogen and oxygen atoms in total. The van der Waals surface area contributed by atoms with E-state index >= 15 is 0 Å². The fraction of sp³-hybridized carbons (Fsp3) is 0.357. The lowest BCUT2D eigenvalue weighted by Gasteiger charge is -2.09. The third-order valence-electron chi connectivity index (χ3n) is 2.70. The fourth-order valence-electron chi connectivity index (χ4n) is 1.68. The van der Waals surface area contributed by atoms with Crippen LogP contribution in [0.3, 0.4) is 0 Å². The van der Waals surface area contributed by atoms with Crippen LogP contribution in [-0.4, -0.2) is 46.6 Å². The fourth-order valence-corrected chi connectivity index (χ4v) is 1.68. The molecule has 0 radical (unpaired) electrons. The minimum Gasteiger partial charge on any atom is -0.491 e. The standard InChI is InChI=1S/C14H18N2O4/c1-19-8-11-6-15-14(16-11)10-2-4-13(5-3-10)20-9-12(18)7-17/h2-6,12,17-18H,7-9H2,1H3,(H,15,16). The molecule has 1 heterocycles. The molecule has 0 aliphatic heterocycles. The van der Waals surface area contributed by atoms with Gasteiger partial charge in [0.1, 0.15) is 24.3 Å². The molecule has 0 aliphatic rings. The molecular weight excluding hydrogens is 260 g/mol. The molecule has 0 aliphatic carbocycles. The quantitative estimate of drug-likeness (QED) is 0.702. The maximum atomic E-state index is 9.20. The predicted molar refractivity (Wildman–Crippen MR) is 73.3 cm³/mol. The first-order valence-electron chi connectivity index (χ1n) is 6.28. The third kappa shape index (κ3) is 3.80. The van der Waals surface area contributed by atoms with Crippen LogP contribution in [0.1, 0.15) is 5.69 Å². The molecular formula is C14H18N2O4. The Balaban J connectivity index is 1.99. The molecule has 0 saturated heterocycles. The minimum atomic E-state index is -0.864. The predicted octanol–water partition coefficient (Wildman–Crippen LogP) is 0.955. The monoisotopic (exact) mass is 278 g/mol. The molecule has 6 heteroatoms. The highest BCUT2D eigenvalue weighted by Gasteiger charge is 2.06. The van der Waals surface area contributed by atoms with E-state index in [1.165, 1.54) is 0 Å². The Morgan fingerprint density at radius 1 is 1.30 bits per heavy atom. The van der Waals surface area contributed by atoms with Gasteiger partial charge >= 0.3 is 0 Å². The molecule has 108 valence electrons. The van der Waals surface area contributed by atoms with Crippen LogP contribution in [0, 0.1) is 0 Å². The summed E-state index contributed by atoms with van der Waals surface area (Å²) in [5, 5.41) is 17.9. The summed E-state index contributed by atoms with van der Waals surface area (Å²) < 4.78 is 10.3. The van der Waals surface area contributed by atoms with Crippen LogP contribution in [0.2, 0.25) is 0 Å². The minimum absolute atomic E-state index is 0.0641. The van der Waals surface area contributed by atoms with Crippen molar-refractivity contribution in [2.24, 2.45) is 0 Å². The second-order valence-electron chi connectivity index (χ2n) is 4.35. The molecule has 1 unspecified atom stereocenters. The number of aliphatic hydroxyl groups is 2. The number of ether oxygens (including phenoxy) is 2. The topological polar surface area (TPSA) is 87.6 Å². The highest BCUT2D eigenvalue weighted by atomic mass is 16.5. The summed E-state index contributed by atoms with van der Waals surface area (Å²) in [6.07, 6.45) is 0.942. The molecule has 2 rings (SSSR count). The largest absolute Gasteiger partial charge is 0.491 e. The zero-order chi connectivity index (χ0) is 14.4. The van der Waals surface area contributed by atoms with E-state index in [9.17, 15) is 5.11 Å². The number of imidazole rings is 1. The van der Waals surface area contributed by atoms with Gasteiger partial charge in [-0.2, -0.15) is 0 Å². The lowest BCUT2D eigenvalue weighted by atomic mass is 10.2. The van der Waals surface area contributed by atoms with Gasteiger partial charge < -0.3 is 24.7 Å². The van der Waals surface area contributed by atoms with E-state index in [1.807, 2.05) is 12.1 Å². The summed E-state index contributed by atoms with van der Waals surface area (Å²) in [5.41, 5.74) is 1.77. The number of H-pyrrole nitrogens is 1. The smallest absolute Gasteiger partial charge is 0.137 e. The average Bonchev–Trinajstić information content (AvgIpc) is 2.94. The number of aliphatic hydroxyl groups excluding tert-OH is 2. The van der Waals surface area contributed by atoms with E-state index in [0.29, 0.717) is 12.4 Å². The zero-order valence-corrected chi connectivity index (χ0v) is 11.2. The first kappa shape index (κ1) is 14.5. The molecule has 1 aromatic heterocycles. The van der Waals surface area contributed by atoms with Crippen LogP contribution in [0.4, 0.5) is 0 Å². The summed E-state index contributed by atoms with van der Waals surface area (Å²) in [7, 11) is 1.63. The number of rotatable bonds is 7. The molecule has 3 N–H and O–H groups in total. The van der Waals surface area contributed by atoms with Gasteiger partial charge in [0.25, 0.3) is 0 Å². The van der Waals surface area contributed by atoms with Gasteiger partial charge in [-0.1, -0.05) is 0 Å². The van der Waals surface area contributed by atoms with Crippen LogP contribution >= 0.6 is 0 Å². The van der Waals surface area contributed by atoms with Crippen molar-refractivity contribution in [1.82, 2.24) is 9.97 Å². The maximum absolute atomic E-state index is 9.20. The number of nitrogens with zero attached hydrogens (tertiary/aromatic N) is 1. The van der Waals surface area contributed by atoms with Gasteiger partial charge in [0.05, 0.1) is 18.9 Å². The highest BCUT2D eigenvalue weighted by Crippen LogP contribution is 2.20. The first-order chi connectivity index (χ1) is 9.72. The number of benzene rings is 1. The lowest BCUT2D eigenvalue weighted by Crippen LogP contribution is -2.21. The van der Waals surface area contributed by atoms with Crippen molar-refractivity contribution >= 4 is 0 Å². The van der Waals surface area contributed by atoms with Gasteiger partial charge in [-0.15, -0.1) is 0 Å². The Morgan fingerprint density at radius 3 is 2.70 bits per heavy atom. The Labute approximate surface area is 117 Å². The van der Waals surface area contributed by atoms with Gasteiger partial charge in [-0.05, 0) is 24.3 Å². The number of hydrogen-bond acceptors (Lipinski definition) is 5. The number of nitrogens with one attached hydrogen (secondary N) is 1. The molecule has 2 aromatic rings. The van der Waals surface area contributed by atoms with E-state index in [-0.39, 0.29) is 13.2 Å². The van der Waals surface area contributed by atoms with E-state index in [0.717, 1.165) is 17.1 Å². The van der Waals surface area contributed by atoms with Crippen molar-refractivity contribution in [3.8, 4) is 17.1 Å². The molecule has 0 fully saturated rings. The Hall–Kier alpha value is -1.89. The van der Waals surface area contributed by atoms with Crippen molar-refractivity contribution in [2.75, 3.05) is 20.3 Å². The van der Waals surface area contributed by atoms with E-state index in [4.69, 9.17) is 14.6 Å². The molecule has 1 atom stereocenters.